The second-order valence-electron chi connectivity index (χ2n) is 4.96. The van der Waals surface area contributed by atoms with Gasteiger partial charge >= 0.3 is 0 Å². The van der Waals surface area contributed by atoms with E-state index in [0.29, 0.717) is 10.6 Å². The SMILES string of the molecule is CC1=C(C(=O)CCC(=O)c2ccccc2Cl)C=CCC1. The van der Waals surface area contributed by atoms with Crippen molar-refractivity contribution in [3.8, 4) is 0 Å². The number of benzene rings is 1. The molecule has 1 aromatic carbocycles. The Morgan fingerprint density at radius 3 is 2.55 bits per heavy atom. The Balaban J connectivity index is 1.99. The Labute approximate surface area is 124 Å². The normalized spacial score (nSPS) is 14.5. The molecule has 1 aromatic rings. The quantitative estimate of drug-likeness (QED) is 0.746. The predicted octanol–water partition coefficient (Wildman–Crippen LogP) is 4.54. The van der Waals surface area contributed by atoms with Gasteiger partial charge in [0.15, 0.2) is 11.6 Å². The number of carbonyl (C=O) groups is 2. The Hall–Kier alpha value is -1.67. The second kappa shape index (κ2) is 6.67. The van der Waals surface area contributed by atoms with E-state index in [4.69, 9.17) is 11.6 Å². The summed E-state index contributed by atoms with van der Waals surface area (Å²) in [5.74, 6) is -0.0409. The van der Waals surface area contributed by atoms with Crippen molar-refractivity contribution in [1.82, 2.24) is 0 Å². The molecule has 3 heteroatoms. The van der Waals surface area contributed by atoms with Gasteiger partial charge in [-0.1, -0.05) is 41.5 Å². The molecule has 0 unspecified atom stereocenters. The summed E-state index contributed by atoms with van der Waals surface area (Å²) in [7, 11) is 0. The van der Waals surface area contributed by atoms with Crippen molar-refractivity contribution < 1.29 is 9.59 Å². The molecular weight excluding hydrogens is 272 g/mol. The molecule has 0 aliphatic heterocycles. The molecule has 1 aliphatic carbocycles. The first kappa shape index (κ1) is 14.7. The molecular formula is C17H17ClO2. The van der Waals surface area contributed by atoms with Gasteiger partial charge in [0.05, 0.1) is 5.02 Å². The summed E-state index contributed by atoms with van der Waals surface area (Å²) in [6.07, 6.45) is 6.24. The fourth-order valence-corrected chi connectivity index (χ4v) is 2.53. The van der Waals surface area contributed by atoms with E-state index >= 15 is 0 Å². The van der Waals surface area contributed by atoms with Crippen molar-refractivity contribution in [2.24, 2.45) is 0 Å². The minimum absolute atomic E-state index is 0.0406. The molecule has 2 rings (SSSR count). The van der Waals surface area contributed by atoms with Crippen LogP contribution < -0.4 is 0 Å². The van der Waals surface area contributed by atoms with Crippen LogP contribution in [-0.4, -0.2) is 11.6 Å². The molecule has 0 saturated carbocycles. The summed E-state index contributed by atoms with van der Waals surface area (Å²) < 4.78 is 0. The summed E-state index contributed by atoms with van der Waals surface area (Å²) in [5.41, 5.74) is 2.37. The maximum Gasteiger partial charge on any atom is 0.164 e. The molecule has 0 heterocycles. The number of hydrogen-bond donors (Lipinski definition) is 0. The zero-order valence-electron chi connectivity index (χ0n) is 11.5. The fourth-order valence-electron chi connectivity index (χ4n) is 2.29. The van der Waals surface area contributed by atoms with E-state index in [2.05, 4.69) is 0 Å². The molecule has 20 heavy (non-hydrogen) atoms. The van der Waals surface area contributed by atoms with Gasteiger partial charge in [-0.2, -0.15) is 0 Å². The molecule has 0 amide bonds. The van der Waals surface area contributed by atoms with Gasteiger partial charge in [0.25, 0.3) is 0 Å². The molecule has 1 aliphatic rings. The first-order valence-corrected chi connectivity index (χ1v) is 7.14. The summed E-state index contributed by atoms with van der Waals surface area (Å²) >= 11 is 5.98. The van der Waals surface area contributed by atoms with Crippen LogP contribution in [0.25, 0.3) is 0 Å². The van der Waals surface area contributed by atoms with Crippen molar-refractivity contribution >= 4 is 23.2 Å². The zero-order valence-corrected chi connectivity index (χ0v) is 12.2. The number of halogens is 1. The van der Waals surface area contributed by atoms with Crippen LogP contribution in [0.5, 0.6) is 0 Å². The second-order valence-corrected chi connectivity index (χ2v) is 5.37. The molecule has 0 fully saturated rings. The number of rotatable bonds is 5. The average Bonchev–Trinajstić information content (AvgIpc) is 2.45. The highest BCUT2D eigenvalue weighted by Gasteiger charge is 2.16. The fraction of sp³-hybridized carbons (Fsp3) is 0.294. The van der Waals surface area contributed by atoms with Gasteiger partial charge in [-0.3, -0.25) is 9.59 Å². The lowest BCUT2D eigenvalue weighted by atomic mass is 9.93. The van der Waals surface area contributed by atoms with Crippen LogP contribution in [0.15, 0.2) is 47.6 Å². The minimum Gasteiger partial charge on any atom is -0.294 e. The molecule has 2 nitrogen and oxygen atoms in total. The topological polar surface area (TPSA) is 34.1 Å². The van der Waals surface area contributed by atoms with E-state index in [9.17, 15) is 9.59 Å². The smallest absolute Gasteiger partial charge is 0.164 e. The highest BCUT2D eigenvalue weighted by Crippen LogP contribution is 2.22. The van der Waals surface area contributed by atoms with E-state index in [1.165, 1.54) is 0 Å². The van der Waals surface area contributed by atoms with E-state index in [1.807, 2.05) is 19.1 Å². The third-order valence-electron chi connectivity index (χ3n) is 3.48. The molecule has 0 spiro atoms. The van der Waals surface area contributed by atoms with Gasteiger partial charge in [0.2, 0.25) is 0 Å². The molecule has 0 saturated heterocycles. The van der Waals surface area contributed by atoms with Crippen LogP contribution >= 0.6 is 11.6 Å². The highest BCUT2D eigenvalue weighted by molar-refractivity contribution is 6.34. The van der Waals surface area contributed by atoms with Crippen LogP contribution in [-0.2, 0) is 4.79 Å². The third kappa shape index (κ3) is 3.45. The lowest BCUT2D eigenvalue weighted by Crippen LogP contribution is -2.09. The van der Waals surface area contributed by atoms with Gasteiger partial charge in [0, 0.05) is 24.0 Å². The lowest BCUT2D eigenvalue weighted by Gasteiger charge is -2.11. The Morgan fingerprint density at radius 2 is 1.85 bits per heavy atom. The standard InChI is InChI=1S/C17H17ClO2/c1-12-6-2-3-7-13(12)16(19)10-11-17(20)14-8-4-5-9-15(14)18/h3-5,7-9H,2,6,10-11H2,1H3. The predicted molar refractivity (Wildman–Crippen MR) is 81.1 cm³/mol. The van der Waals surface area contributed by atoms with Crippen LogP contribution in [0.3, 0.4) is 0 Å². The monoisotopic (exact) mass is 288 g/mol. The van der Waals surface area contributed by atoms with Gasteiger partial charge in [-0.05, 0) is 31.9 Å². The van der Waals surface area contributed by atoms with Gasteiger partial charge in [0.1, 0.15) is 0 Å². The maximum atomic E-state index is 12.1. The number of carbonyl (C=O) groups excluding carboxylic acids is 2. The number of allylic oxidation sites excluding steroid dienone is 4. The van der Waals surface area contributed by atoms with Crippen LogP contribution in [0, 0.1) is 0 Å². The first-order chi connectivity index (χ1) is 9.59. The number of ketones is 2. The third-order valence-corrected chi connectivity index (χ3v) is 3.81. The minimum atomic E-state index is -0.0815. The van der Waals surface area contributed by atoms with E-state index in [-0.39, 0.29) is 24.4 Å². The van der Waals surface area contributed by atoms with Crippen molar-refractivity contribution in [2.75, 3.05) is 0 Å². The van der Waals surface area contributed by atoms with Crippen molar-refractivity contribution in [3.63, 3.8) is 0 Å². The van der Waals surface area contributed by atoms with Gasteiger partial charge < -0.3 is 0 Å². The van der Waals surface area contributed by atoms with Crippen molar-refractivity contribution in [2.45, 2.75) is 32.6 Å². The molecule has 0 N–H and O–H groups in total. The lowest BCUT2D eigenvalue weighted by molar-refractivity contribution is -0.115. The summed E-state index contributed by atoms with van der Waals surface area (Å²) in [6.45, 7) is 1.98. The highest BCUT2D eigenvalue weighted by atomic mass is 35.5. The Morgan fingerprint density at radius 1 is 1.15 bits per heavy atom. The number of hydrogen-bond acceptors (Lipinski definition) is 2. The van der Waals surface area contributed by atoms with Gasteiger partial charge in [-0.25, -0.2) is 0 Å². The first-order valence-electron chi connectivity index (χ1n) is 6.77. The number of Topliss-reactive ketones (excluding diaryl/α,β-unsaturated/α-hetero) is 2. The van der Waals surface area contributed by atoms with Crippen LogP contribution in [0.1, 0.15) is 43.0 Å². The van der Waals surface area contributed by atoms with Crippen LogP contribution in [0.2, 0.25) is 5.02 Å². The summed E-state index contributed by atoms with van der Waals surface area (Å²) in [4.78, 5) is 24.2. The van der Waals surface area contributed by atoms with E-state index in [1.54, 1.807) is 24.3 Å². The molecule has 0 aromatic heterocycles. The van der Waals surface area contributed by atoms with Gasteiger partial charge in [-0.15, -0.1) is 0 Å². The molecule has 0 atom stereocenters. The molecule has 0 radical (unpaired) electrons. The summed E-state index contributed by atoms with van der Waals surface area (Å²) in [6, 6.07) is 6.94. The summed E-state index contributed by atoms with van der Waals surface area (Å²) in [5, 5.41) is 0.443. The Bertz CT molecular complexity index is 597. The largest absolute Gasteiger partial charge is 0.294 e. The molecule has 104 valence electrons. The Kier molecular flexibility index (Phi) is 4.91. The average molecular weight is 289 g/mol. The van der Waals surface area contributed by atoms with Crippen molar-refractivity contribution in [1.29, 1.82) is 0 Å². The van der Waals surface area contributed by atoms with Crippen molar-refractivity contribution in [3.05, 3.63) is 58.1 Å². The van der Waals surface area contributed by atoms with E-state index in [0.717, 1.165) is 24.0 Å². The van der Waals surface area contributed by atoms with E-state index < -0.39 is 0 Å². The maximum absolute atomic E-state index is 12.1. The van der Waals surface area contributed by atoms with Crippen LogP contribution in [0.4, 0.5) is 0 Å². The molecule has 0 bridgehead atoms. The zero-order chi connectivity index (χ0) is 14.5.